The molecule has 0 saturated carbocycles. The standard InChI is InChI=1S/C31H32BrNO5/c1-30(2)13-21(34)28-24(15-30)38-25-16-31(3,4)14-22(35)29(25)27(28)18-10-11-23(20(32)12-18)37-17-26(36)33-19-8-6-5-7-9-19/h5-12,27H,13-17H2,1-4H3,(H,33,36). The molecule has 0 aromatic heterocycles. The summed E-state index contributed by atoms with van der Waals surface area (Å²) in [6.45, 7) is 8.14. The van der Waals surface area contributed by atoms with E-state index in [0.717, 1.165) is 5.56 Å². The van der Waals surface area contributed by atoms with Crippen LogP contribution in [0.5, 0.6) is 5.75 Å². The Morgan fingerprint density at radius 1 is 0.921 bits per heavy atom. The minimum absolute atomic E-state index is 0.0273. The van der Waals surface area contributed by atoms with Crippen molar-refractivity contribution in [3.05, 3.63) is 81.2 Å². The van der Waals surface area contributed by atoms with Gasteiger partial charge in [0.15, 0.2) is 18.2 Å². The van der Waals surface area contributed by atoms with E-state index in [1.165, 1.54) is 0 Å². The molecule has 2 aliphatic carbocycles. The van der Waals surface area contributed by atoms with E-state index < -0.39 is 5.92 Å². The van der Waals surface area contributed by atoms with Gasteiger partial charge in [0.05, 0.1) is 4.47 Å². The molecular formula is C31H32BrNO5. The number of carbonyl (C=O) groups excluding carboxylic acids is 3. The van der Waals surface area contributed by atoms with Crippen molar-refractivity contribution in [1.29, 1.82) is 0 Å². The molecule has 2 aromatic carbocycles. The fourth-order valence-corrected chi connectivity index (χ4v) is 6.19. The maximum absolute atomic E-state index is 13.5. The van der Waals surface area contributed by atoms with Gasteiger partial charge in [-0.2, -0.15) is 0 Å². The number of carbonyl (C=O) groups is 3. The topological polar surface area (TPSA) is 81.7 Å². The molecule has 7 heteroatoms. The normalized spacial score (nSPS) is 20.4. The third-order valence-electron chi connectivity index (χ3n) is 7.29. The minimum atomic E-state index is -0.479. The average molecular weight is 579 g/mol. The van der Waals surface area contributed by atoms with E-state index in [4.69, 9.17) is 9.47 Å². The van der Waals surface area contributed by atoms with Crippen molar-refractivity contribution in [2.75, 3.05) is 11.9 Å². The monoisotopic (exact) mass is 577 g/mol. The zero-order valence-electron chi connectivity index (χ0n) is 22.2. The van der Waals surface area contributed by atoms with Crippen LogP contribution in [0.25, 0.3) is 0 Å². The molecule has 1 heterocycles. The second-order valence-corrected chi connectivity index (χ2v) is 12.8. The van der Waals surface area contributed by atoms with Gasteiger partial charge < -0.3 is 14.8 Å². The van der Waals surface area contributed by atoms with Crippen molar-refractivity contribution in [2.45, 2.75) is 59.3 Å². The number of ketones is 2. The summed E-state index contributed by atoms with van der Waals surface area (Å²) in [5.74, 6) is 1.18. The maximum atomic E-state index is 13.5. The number of benzene rings is 2. The minimum Gasteiger partial charge on any atom is -0.483 e. The first-order valence-corrected chi connectivity index (χ1v) is 13.7. The van der Waals surface area contributed by atoms with Crippen LogP contribution in [0.4, 0.5) is 5.69 Å². The number of hydrogen-bond acceptors (Lipinski definition) is 5. The van der Waals surface area contributed by atoms with Crippen molar-refractivity contribution in [3.8, 4) is 5.75 Å². The molecule has 3 aliphatic rings. The highest BCUT2D eigenvalue weighted by Gasteiger charge is 2.47. The maximum Gasteiger partial charge on any atom is 0.262 e. The van der Waals surface area contributed by atoms with Crippen LogP contribution in [-0.2, 0) is 19.1 Å². The molecule has 198 valence electrons. The Kier molecular flexibility index (Phi) is 6.84. The van der Waals surface area contributed by atoms with Gasteiger partial charge in [-0.3, -0.25) is 14.4 Å². The molecule has 0 atom stereocenters. The highest BCUT2D eigenvalue weighted by molar-refractivity contribution is 9.10. The molecule has 1 N–H and O–H groups in total. The average Bonchev–Trinajstić information content (AvgIpc) is 2.81. The van der Waals surface area contributed by atoms with Crippen LogP contribution >= 0.6 is 15.9 Å². The number of nitrogens with one attached hydrogen (secondary N) is 1. The lowest BCUT2D eigenvalue weighted by Gasteiger charge is -2.42. The number of ether oxygens (including phenoxy) is 2. The summed E-state index contributed by atoms with van der Waals surface area (Å²) >= 11 is 3.58. The van der Waals surface area contributed by atoms with Gasteiger partial charge in [0.25, 0.3) is 5.91 Å². The second kappa shape index (κ2) is 9.84. The molecule has 2 aromatic rings. The number of allylic oxidation sites excluding steroid dienone is 4. The van der Waals surface area contributed by atoms with Crippen LogP contribution in [0.1, 0.15) is 64.9 Å². The van der Waals surface area contributed by atoms with Gasteiger partial charge in [-0.1, -0.05) is 52.0 Å². The molecule has 0 saturated heterocycles. The van der Waals surface area contributed by atoms with Gasteiger partial charge in [-0.05, 0) is 56.6 Å². The molecule has 0 unspecified atom stereocenters. The van der Waals surface area contributed by atoms with Crippen LogP contribution in [0.2, 0.25) is 0 Å². The van der Waals surface area contributed by atoms with Crippen LogP contribution in [0.3, 0.4) is 0 Å². The summed E-state index contributed by atoms with van der Waals surface area (Å²) in [6.07, 6.45) is 2.11. The van der Waals surface area contributed by atoms with Crippen molar-refractivity contribution in [3.63, 3.8) is 0 Å². The second-order valence-electron chi connectivity index (χ2n) is 12.0. The summed E-state index contributed by atoms with van der Waals surface area (Å²) in [7, 11) is 0. The summed E-state index contributed by atoms with van der Waals surface area (Å²) in [5, 5.41) is 2.80. The van der Waals surface area contributed by atoms with Crippen LogP contribution < -0.4 is 10.1 Å². The van der Waals surface area contributed by atoms with Gasteiger partial charge in [0.1, 0.15) is 17.3 Å². The van der Waals surface area contributed by atoms with Gasteiger partial charge >= 0.3 is 0 Å². The van der Waals surface area contributed by atoms with E-state index in [-0.39, 0.29) is 34.9 Å². The van der Waals surface area contributed by atoms with Crippen molar-refractivity contribution in [2.24, 2.45) is 10.8 Å². The Labute approximate surface area is 231 Å². The molecule has 1 aliphatic heterocycles. The Bertz CT molecular complexity index is 1330. The van der Waals surface area contributed by atoms with Crippen molar-refractivity contribution < 1.29 is 23.9 Å². The summed E-state index contributed by atoms with van der Waals surface area (Å²) < 4.78 is 12.8. The predicted molar refractivity (Wildman–Crippen MR) is 149 cm³/mol. The Balaban J connectivity index is 1.45. The van der Waals surface area contributed by atoms with E-state index in [2.05, 4.69) is 48.9 Å². The highest BCUT2D eigenvalue weighted by atomic mass is 79.9. The Morgan fingerprint density at radius 2 is 1.50 bits per heavy atom. The number of halogens is 1. The molecule has 0 bridgehead atoms. The molecule has 0 fully saturated rings. The summed E-state index contributed by atoms with van der Waals surface area (Å²) in [4.78, 5) is 39.3. The SMILES string of the molecule is CC1(C)CC(=O)C2=C(C1)OC1=C(C(=O)CC(C)(C)C1)C2c1ccc(OCC(=O)Nc2ccccc2)c(Br)c1. The first-order valence-electron chi connectivity index (χ1n) is 12.9. The third kappa shape index (κ3) is 5.35. The van der Waals surface area contributed by atoms with Gasteiger partial charge in [-0.25, -0.2) is 0 Å². The highest BCUT2D eigenvalue weighted by Crippen LogP contribution is 2.53. The molecular weight excluding hydrogens is 546 g/mol. The van der Waals surface area contributed by atoms with Crippen molar-refractivity contribution >= 4 is 39.1 Å². The number of Topliss-reactive ketones (excluding diaryl/α,β-unsaturated/α-hetero) is 2. The molecule has 0 radical (unpaired) electrons. The molecule has 1 amide bonds. The fourth-order valence-electron chi connectivity index (χ4n) is 5.68. The van der Waals surface area contributed by atoms with Gasteiger partial charge in [-0.15, -0.1) is 0 Å². The first-order chi connectivity index (χ1) is 17.9. The number of anilines is 1. The van der Waals surface area contributed by atoms with E-state index in [1.807, 2.05) is 42.5 Å². The summed E-state index contributed by atoms with van der Waals surface area (Å²) in [5.41, 5.74) is 2.31. The number of hydrogen-bond donors (Lipinski definition) is 1. The van der Waals surface area contributed by atoms with E-state index >= 15 is 0 Å². The first kappa shape index (κ1) is 26.4. The smallest absolute Gasteiger partial charge is 0.262 e. The van der Waals surface area contributed by atoms with Crippen molar-refractivity contribution in [1.82, 2.24) is 0 Å². The van der Waals surface area contributed by atoms with Gasteiger partial charge in [0, 0.05) is 48.4 Å². The van der Waals surface area contributed by atoms with Gasteiger partial charge in [0.2, 0.25) is 0 Å². The number of para-hydroxylation sites is 1. The molecule has 5 rings (SSSR count). The molecule has 38 heavy (non-hydrogen) atoms. The summed E-state index contributed by atoms with van der Waals surface area (Å²) in [6, 6.07) is 14.7. The number of amides is 1. The zero-order chi connectivity index (χ0) is 27.2. The Morgan fingerprint density at radius 3 is 2.05 bits per heavy atom. The zero-order valence-corrected chi connectivity index (χ0v) is 23.7. The Hall–Kier alpha value is -3.19. The lowest BCUT2D eigenvalue weighted by Crippen LogP contribution is -2.37. The predicted octanol–water partition coefficient (Wildman–Crippen LogP) is 6.87. The molecule has 0 spiro atoms. The lowest BCUT2D eigenvalue weighted by atomic mass is 9.65. The fraction of sp³-hybridized carbons (Fsp3) is 0.387. The lowest BCUT2D eigenvalue weighted by molar-refractivity contribution is -0.120. The van der Waals surface area contributed by atoms with E-state index in [0.29, 0.717) is 64.3 Å². The largest absolute Gasteiger partial charge is 0.483 e. The number of rotatable bonds is 5. The van der Waals surface area contributed by atoms with E-state index in [9.17, 15) is 14.4 Å². The van der Waals surface area contributed by atoms with E-state index in [1.54, 1.807) is 6.07 Å². The van der Waals surface area contributed by atoms with Crippen LogP contribution in [0, 0.1) is 10.8 Å². The molecule has 6 nitrogen and oxygen atoms in total. The quantitative estimate of drug-likeness (QED) is 0.419. The van der Waals surface area contributed by atoms with Crippen LogP contribution in [-0.4, -0.2) is 24.1 Å². The third-order valence-corrected chi connectivity index (χ3v) is 7.91. The van der Waals surface area contributed by atoms with Crippen LogP contribution in [0.15, 0.2) is 75.7 Å².